The minimum Gasteiger partial charge on any atom is -0.348 e. The summed E-state index contributed by atoms with van der Waals surface area (Å²) >= 11 is 3.26. The summed E-state index contributed by atoms with van der Waals surface area (Å²) in [7, 11) is 3.52. The van der Waals surface area contributed by atoms with E-state index in [1.807, 2.05) is 22.9 Å². The molecule has 0 aliphatic rings. The highest BCUT2D eigenvalue weighted by Gasteiger charge is 2.10. The van der Waals surface area contributed by atoms with Crippen LogP contribution in [0.2, 0.25) is 0 Å². The minimum absolute atomic E-state index is 0.0861. The predicted octanol–water partition coefficient (Wildman–Crippen LogP) is 2.50. The molecule has 0 aromatic carbocycles. The first-order valence-corrected chi connectivity index (χ1v) is 6.61. The number of aromatic nitrogens is 1. The van der Waals surface area contributed by atoms with Crippen LogP contribution in [-0.2, 0) is 11.2 Å². The van der Waals surface area contributed by atoms with Crippen LogP contribution >= 0.6 is 22.7 Å². The Kier molecular flexibility index (Phi) is 3.36. The Hall–Kier alpha value is -1.20. The van der Waals surface area contributed by atoms with Crippen LogP contribution in [0.5, 0.6) is 0 Å². The first-order valence-electron chi connectivity index (χ1n) is 4.85. The highest BCUT2D eigenvalue weighted by atomic mass is 32.1. The number of nitrogens with zero attached hydrogens (tertiary/aromatic N) is 2. The number of amides is 1. The Bertz CT molecular complexity index is 474. The molecule has 0 fully saturated rings. The van der Waals surface area contributed by atoms with Gasteiger partial charge in [-0.05, 0) is 11.4 Å². The maximum Gasteiger partial charge on any atom is 0.228 e. The van der Waals surface area contributed by atoms with Gasteiger partial charge in [-0.1, -0.05) is 6.07 Å². The van der Waals surface area contributed by atoms with Crippen molar-refractivity contribution in [2.75, 3.05) is 14.1 Å². The van der Waals surface area contributed by atoms with Crippen LogP contribution in [0, 0.1) is 0 Å². The van der Waals surface area contributed by atoms with E-state index < -0.39 is 0 Å². The second-order valence-electron chi connectivity index (χ2n) is 3.59. The van der Waals surface area contributed by atoms with Crippen LogP contribution in [-0.4, -0.2) is 29.9 Å². The molecule has 3 nitrogen and oxygen atoms in total. The van der Waals surface area contributed by atoms with Crippen LogP contribution in [0.4, 0.5) is 0 Å². The van der Waals surface area contributed by atoms with Gasteiger partial charge in [-0.2, -0.15) is 0 Å². The van der Waals surface area contributed by atoms with Crippen molar-refractivity contribution < 1.29 is 4.79 Å². The van der Waals surface area contributed by atoms with Crippen molar-refractivity contribution in [3.05, 3.63) is 28.6 Å². The van der Waals surface area contributed by atoms with E-state index in [0.29, 0.717) is 6.42 Å². The molecule has 0 unspecified atom stereocenters. The van der Waals surface area contributed by atoms with Crippen molar-refractivity contribution in [1.82, 2.24) is 9.88 Å². The quantitative estimate of drug-likeness (QED) is 0.841. The van der Waals surface area contributed by atoms with Crippen LogP contribution in [0.15, 0.2) is 22.9 Å². The van der Waals surface area contributed by atoms with Gasteiger partial charge in [-0.15, -0.1) is 22.7 Å². The first kappa shape index (κ1) is 11.3. The lowest BCUT2D eigenvalue weighted by atomic mass is 10.3. The molecule has 16 heavy (non-hydrogen) atoms. The SMILES string of the molecule is CN(C)C(=O)Cc1csc(-c2cccs2)n1. The Morgan fingerprint density at radius 3 is 2.88 bits per heavy atom. The van der Waals surface area contributed by atoms with Gasteiger partial charge in [0.25, 0.3) is 0 Å². The third-order valence-corrected chi connectivity index (χ3v) is 4.05. The van der Waals surface area contributed by atoms with Crippen LogP contribution in [0.3, 0.4) is 0 Å². The Balaban J connectivity index is 2.11. The largest absolute Gasteiger partial charge is 0.348 e. The average Bonchev–Trinajstić information content (AvgIpc) is 2.85. The molecule has 0 atom stereocenters. The molecule has 0 saturated carbocycles. The molecule has 2 heterocycles. The minimum atomic E-state index is 0.0861. The number of thiophene rings is 1. The number of likely N-dealkylation sites (N-methyl/N-ethyl adjacent to an activating group) is 1. The third-order valence-electron chi connectivity index (χ3n) is 2.11. The summed E-state index contributed by atoms with van der Waals surface area (Å²) in [5.74, 6) is 0.0861. The summed E-state index contributed by atoms with van der Waals surface area (Å²) in [6.07, 6.45) is 0.384. The van der Waals surface area contributed by atoms with Crippen molar-refractivity contribution in [1.29, 1.82) is 0 Å². The van der Waals surface area contributed by atoms with Gasteiger partial charge in [0.2, 0.25) is 5.91 Å². The molecule has 0 aliphatic carbocycles. The highest BCUT2D eigenvalue weighted by molar-refractivity contribution is 7.20. The molecule has 0 radical (unpaired) electrons. The van der Waals surface area contributed by atoms with Gasteiger partial charge in [0.15, 0.2) is 0 Å². The molecule has 0 saturated heterocycles. The summed E-state index contributed by atoms with van der Waals surface area (Å²) in [5, 5.41) is 4.98. The van der Waals surface area contributed by atoms with E-state index >= 15 is 0 Å². The molecule has 0 bridgehead atoms. The van der Waals surface area contributed by atoms with Crippen LogP contribution in [0.1, 0.15) is 5.69 Å². The Morgan fingerprint density at radius 2 is 2.25 bits per heavy atom. The van der Waals surface area contributed by atoms with E-state index in [4.69, 9.17) is 0 Å². The lowest BCUT2D eigenvalue weighted by Gasteiger charge is -2.07. The van der Waals surface area contributed by atoms with Crippen molar-refractivity contribution >= 4 is 28.6 Å². The van der Waals surface area contributed by atoms with E-state index in [9.17, 15) is 4.79 Å². The molecule has 84 valence electrons. The van der Waals surface area contributed by atoms with Gasteiger partial charge < -0.3 is 4.90 Å². The number of carbonyl (C=O) groups is 1. The molecule has 2 aromatic heterocycles. The lowest BCUT2D eigenvalue weighted by molar-refractivity contribution is -0.128. The maximum absolute atomic E-state index is 11.5. The van der Waals surface area contributed by atoms with E-state index in [1.165, 1.54) is 0 Å². The Morgan fingerprint density at radius 1 is 1.44 bits per heavy atom. The third kappa shape index (κ3) is 2.48. The summed E-state index contributed by atoms with van der Waals surface area (Å²) in [6, 6.07) is 4.05. The summed E-state index contributed by atoms with van der Waals surface area (Å²) in [6.45, 7) is 0. The molecular weight excluding hydrogens is 240 g/mol. The number of hydrogen-bond acceptors (Lipinski definition) is 4. The summed E-state index contributed by atoms with van der Waals surface area (Å²) < 4.78 is 0. The second-order valence-corrected chi connectivity index (χ2v) is 5.39. The second kappa shape index (κ2) is 4.76. The fourth-order valence-corrected chi connectivity index (χ4v) is 2.85. The van der Waals surface area contributed by atoms with Crippen molar-refractivity contribution in [2.45, 2.75) is 6.42 Å². The van der Waals surface area contributed by atoms with Crippen LogP contribution in [0.25, 0.3) is 9.88 Å². The molecule has 0 aliphatic heterocycles. The van der Waals surface area contributed by atoms with Gasteiger partial charge in [0.05, 0.1) is 17.0 Å². The number of thiazole rings is 1. The van der Waals surface area contributed by atoms with Gasteiger partial charge in [0, 0.05) is 19.5 Å². The fourth-order valence-electron chi connectivity index (χ4n) is 1.21. The molecule has 2 rings (SSSR count). The van der Waals surface area contributed by atoms with Gasteiger partial charge in [0.1, 0.15) is 5.01 Å². The lowest BCUT2D eigenvalue weighted by Crippen LogP contribution is -2.23. The Labute approximate surface area is 102 Å². The molecule has 2 aromatic rings. The molecule has 0 spiro atoms. The van der Waals surface area contributed by atoms with Crippen molar-refractivity contribution in [3.8, 4) is 9.88 Å². The van der Waals surface area contributed by atoms with E-state index in [-0.39, 0.29) is 5.91 Å². The number of hydrogen-bond donors (Lipinski definition) is 0. The summed E-state index contributed by atoms with van der Waals surface area (Å²) in [4.78, 5) is 18.7. The zero-order valence-corrected chi connectivity index (χ0v) is 10.8. The average molecular weight is 252 g/mol. The van der Waals surface area contributed by atoms with Crippen LogP contribution < -0.4 is 0 Å². The fraction of sp³-hybridized carbons (Fsp3) is 0.273. The van der Waals surface area contributed by atoms with Gasteiger partial charge in [-0.25, -0.2) is 4.98 Å². The van der Waals surface area contributed by atoms with E-state index in [1.54, 1.807) is 41.7 Å². The smallest absolute Gasteiger partial charge is 0.228 e. The molecule has 0 N–H and O–H groups in total. The van der Waals surface area contributed by atoms with Crippen molar-refractivity contribution in [2.24, 2.45) is 0 Å². The van der Waals surface area contributed by atoms with Gasteiger partial charge in [-0.3, -0.25) is 4.79 Å². The number of carbonyl (C=O) groups excluding carboxylic acids is 1. The van der Waals surface area contributed by atoms with Gasteiger partial charge >= 0.3 is 0 Å². The predicted molar refractivity (Wildman–Crippen MR) is 67.8 cm³/mol. The monoisotopic (exact) mass is 252 g/mol. The molecule has 5 heteroatoms. The van der Waals surface area contributed by atoms with Crippen molar-refractivity contribution in [3.63, 3.8) is 0 Å². The normalized spacial score (nSPS) is 10.4. The first-order chi connectivity index (χ1) is 7.66. The topological polar surface area (TPSA) is 33.2 Å². The maximum atomic E-state index is 11.5. The van der Waals surface area contributed by atoms with E-state index in [0.717, 1.165) is 15.6 Å². The molecular formula is C11H12N2OS2. The molecule has 1 amide bonds. The number of rotatable bonds is 3. The highest BCUT2D eigenvalue weighted by Crippen LogP contribution is 2.27. The summed E-state index contributed by atoms with van der Waals surface area (Å²) in [5.41, 5.74) is 0.854. The zero-order chi connectivity index (χ0) is 11.5. The standard InChI is InChI=1S/C11H12N2OS2/c1-13(2)10(14)6-8-7-16-11(12-8)9-4-3-5-15-9/h3-5,7H,6H2,1-2H3. The zero-order valence-electron chi connectivity index (χ0n) is 9.14. The van der Waals surface area contributed by atoms with E-state index in [2.05, 4.69) is 4.98 Å².